The first-order chi connectivity index (χ1) is 13.0. The van der Waals surface area contributed by atoms with Crippen LogP contribution in [0.5, 0.6) is 11.5 Å². The quantitative estimate of drug-likeness (QED) is 0.755. The maximum atomic E-state index is 10.3. The second kappa shape index (κ2) is 9.31. The summed E-state index contributed by atoms with van der Waals surface area (Å²) in [5, 5.41) is 11.1. The van der Waals surface area contributed by atoms with Gasteiger partial charge in [-0.3, -0.25) is 0 Å². The molecule has 0 bridgehead atoms. The Kier molecular flexibility index (Phi) is 6.83. The van der Waals surface area contributed by atoms with E-state index < -0.39 is 6.10 Å². The number of quaternary nitrogens is 1. The highest BCUT2D eigenvalue weighted by Crippen LogP contribution is 2.24. The van der Waals surface area contributed by atoms with Gasteiger partial charge in [0.05, 0.1) is 33.3 Å². The number of methoxy groups -OCH3 is 1. The molecule has 2 aromatic carbocycles. The zero-order chi connectivity index (χ0) is 19.2. The van der Waals surface area contributed by atoms with Crippen molar-refractivity contribution < 1.29 is 19.5 Å². The van der Waals surface area contributed by atoms with E-state index in [-0.39, 0.29) is 6.61 Å². The Morgan fingerprint density at radius 2 is 1.89 bits per heavy atom. The number of piperazine rings is 1. The molecule has 1 heterocycles. The molecule has 2 N–H and O–H groups in total. The highest BCUT2D eigenvalue weighted by molar-refractivity contribution is 6.30. The second-order valence-electron chi connectivity index (χ2n) is 7.02. The minimum absolute atomic E-state index is 0.285. The molecule has 2 aromatic rings. The van der Waals surface area contributed by atoms with Crippen LogP contribution in [-0.4, -0.2) is 57.7 Å². The van der Waals surface area contributed by atoms with Gasteiger partial charge in [0.15, 0.2) is 0 Å². The van der Waals surface area contributed by atoms with Crippen molar-refractivity contribution >= 4 is 17.3 Å². The third-order valence-corrected chi connectivity index (χ3v) is 5.23. The Bertz CT molecular complexity index is 748. The number of rotatable bonds is 7. The first-order valence-electron chi connectivity index (χ1n) is 9.34. The largest absolute Gasteiger partial charge is 0.497 e. The van der Waals surface area contributed by atoms with Crippen LogP contribution >= 0.6 is 11.6 Å². The third-order valence-electron chi connectivity index (χ3n) is 4.99. The van der Waals surface area contributed by atoms with E-state index in [9.17, 15) is 5.11 Å². The van der Waals surface area contributed by atoms with Crippen LogP contribution in [0.15, 0.2) is 42.5 Å². The maximum absolute atomic E-state index is 10.3. The number of hydrogen-bond donors (Lipinski definition) is 2. The predicted octanol–water partition coefficient (Wildman–Crippen LogP) is 1.80. The van der Waals surface area contributed by atoms with Crippen molar-refractivity contribution in [1.29, 1.82) is 0 Å². The molecule has 6 heteroatoms. The second-order valence-corrected chi connectivity index (χ2v) is 7.45. The number of hydrogen-bond acceptors (Lipinski definition) is 4. The van der Waals surface area contributed by atoms with Crippen molar-refractivity contribution in [2.24, 2.45) is 0 Å². The van der Waals surface area contributed by atoms with Crippen molar-refractivity contribution in [2.75, 3.05) is 51.3 Å². The van der Waals surface area contributed by atoms with E-state index >= 15 is 0 Å². The van der Waals surface area contributed by atoms with Crippen LogP contribution < -0.4 is 19.3 Å². The number of benzene rings is 2. The summed E-state index contributed by atoms with van der Waals surface area (Å²) in [6.45, 7) is 6.98. The molecule has 3 rings (SSSR count). The van der Waals surface area contributed by atoms with E-state index in [0.717, 1.165) is 37.0 Å². The van der Waals surface area contributed by atoms with Crippen LogP contribution in [0.4, 0.5) is 5.69 Å². The number of ether oxygens (including phenoxy) is 2. The van der Waals surface area contributed by atoms with Crippen LogP contribution in [0.2, 0.25) is 5.02 Å². The Labute approximate surface area is 166 Å². The Morgan fingerprint density at radius 1 is 1.15 bits per heavy atom. The average Bonchev–Trinajstić information content (AvgIpc) is 2.69. The lowest BCUT2D eigenvalue weighted by Gasteiger charge is -2.35. The van der Waals surface area contributed by atoms with E-state index in [1.807, 2.05) is 36.4 Å². The molecular formula is C21H28ClN2O3+. The van der Waals surface area contributed by atoms with Gasteiger partial charge in [-0.25, -0.2) is 0 Å². The number of nitrogens with one attached hydrogen (secondary N) is 1. The summed E-state index contributed by atoms with van der Waals surface area (Å²) in [5.41, 5.74) is 2.46. The van der Waals surface area contributed by atoms with Gasteiger partial charge in [0, 0.05) is 16.8 Å². The van der Waals surface area contributed by atoms with Crippen LogP contribution in [0.3, 0.4) is 0 Å². The lowest BCUT2D eigenvalue weighted by molar-refractivity contribution is -0.903. The van der Waals surface area contributed by atoms with Crippen LogP contribution in [0.25, 0.3) is 0 Å². The molecular weight excluding hydrogens is 364 g/mol. The first-order valence-corrected chi connectivity index (χ1v) is 9.72. The fourth-order valence-corrected chi connectivity index (χ4v) is 3.63. The topological polar surface area (TPSA) is 46.4 Å². The van der Waals surface area contributed by atoms with E-state index in [0.29, 0.717) is 12.3 Å². The minimum Gasteiger partial charge on any atom is -0.497 e. The van der Waals surface area contributed by atoms with Gasteiger partial charge < -0.3 is 24.4 Å². The highest BCUT2D eigenvalue weighted by Gasteiger charge is 2.23. The third kappa shape index (κ3) is 5.51. The standard InChI is InChI=1S/C21H27ClN2O3/c1-16-6-7-17(22)12-21(16)24-10-8-23(9-11-24)14-18(25)15-27-20-5-3-4-19(13-20)26-2/h3-7,12-13,18,25H,8-11,14-15H2,1-2H3/p+1/t18-/m0/s1. The number of aliphatic hydroxyl groups is 1. The fraction of sp³-hybridized carbons (Fsp3) is 0.429. The van der Waals surface area contributed by atoms with Gasteiger partial charge in [0.1, 0.15) is 30.8 Å². The molecule has 1 saturated heterocycles. The van der Waals surface area contributed by atoms with Gasteiger partial charge in [-0.05, 0) is 36.8 Å². The van der Waals surface area contributed by atoms with E-state index in [4.69, 9.17) is 21.1 Å². The number of aliphatic hydroxyl groups excluding tert-OH is 1. The summed E-state index contributed by atoms with van der Waals surface area (Å²) in [6, 6.07) is 13.5. The van der Waals surface area contributed by atoms with Gasteiger partial charge in [-0.2, -0.15) is 0 Å². The van der Waals surface area contributed by atoms with Gasteiger partial charge in [0.25, 0.3) is 0 Å². The summed E-state index contributed by atoms with van der Waals surface area (Å²) in [5.74, 6) is 1.46. The summed E-state index contributed by atoms with van der Waals surface area (Å²) >= 11 is 6.15. The molecule has 27 heavy (non-hydrogen) atoms. The molecule has 0 unspecified atom stereocenters. The predicted molar refractivity (Wildman–Crippen MR) is 108 cm³/mol. The van der Waals surface area contributed by atoms with Crippen LogP contribution in [0, 0.1) is 6.92 Å². The molecule has 0 aromatic heterocycles. The molecule has 0 aliphatic carbocycles. The summed E-state index contributed by atoms with van der Waals surface area (Å²) in [4.78, 5) is 3.77. The molecule has 1 aliphatic heterocycles. The zero-order valence-corrected chi connectivity index (χ0v) is 16.7. The molecule has 1 fully saturated rings. The van der Waals surface area contributed by atoms with E-state index in [1.165, 1.54) is 16.2 Å². The van der Waals surface area contributed by atoms with Crippen molar-refractivity contribution in [3.8, 4) is 11.5 Å². The van der Waals surface area contributed by atoms with Crippen molar-refractivity contribution in [3.05, 3.63) is 53.1 Å². The average molecular weight is 392 g/mol. The van der Waals surface area contributed by atoms with E-state index in [1.54, 1.807) is 7.11 Å². The SMILES string of the molecule is COc1cccc(OC[C@@H](O)C[NH+]2CCN(c3cc(Cl)ccc3C)CC2)c1. The number of anilines is 1. The fourth-order valence-electron chi connectivity index (χ4n) is 3.47. The zero-order valence-electron chi connectivity index (χ0n) is 16.0. The molecule has 5 nitrogen and oxygen atoms in total. The van der Waals surface area contributed by atoms with Crippen molar-refractivity contribution in [1.82, 2.24) is 0 Å². The monoisotopic (exact) mass is 391 g/mol. The van der Waals surface area contributed by atoms with E-state index in [2.05, 4.69) is 17.9 Å². The van der Waals surface area contributed by atoms with Gasteiger partial charge >= 0.3 is 0 Å². The van der Waals surface area contributed by atoms with Crippen LogP contribution in [0.1, 0.15) is 5.56 Å². The number of aryl methyl sites for hydroxylation is 1. The molecule has 146 valence electrons. The Hall–Kier alpha value is -1.95. The molecule has 0 spiro atoms. The molecule has 1 atom stereocenters. The maximum Gasteiger partial charge on any atom is 0.137 e. The molecule has 0 saturated carbocycles. The summed E-state index contributed by atoms with van der Waals surface area (Å²) in [6.07, 6.45) is -0.495. The molecule has 0 amide bonds. The van der Waals surface area contributed by atoms with Crippen molar-refractivity contribution in [3.63, 3.8) is 0 Å². The summed E-state index contributed by atoms with van der Waals surface area (Å²) in [7, 11) is 1.63. The minimum atomic E-state index is -0.495. The molecule has 1 aliphatic rings. The highest BCUT2D eigenvalue weighted by atomic mass is 35.5. The first kappa shape index (κ1) is 19.8. The van der Waals surface area contributed by atoms with Gasteiger partial charge in [-0.15, -0.1) is 0 Å². The lowest BCUT2D eigenvalue weighted by atomic mass is 10.1. The van der Waals surface area contributed by atoms with Crippen molar-refractivity contribution in [2.45, 2.75) is 13.0 Å². The van der Waals surface area contributed by atoms with Crippen LogP contribution in [-0.2, 0) is 0 Å². The summed E-state index contributed by atoms with van der Waals surface area (Å²) < 4.78 is 10.9. The smallest absolute Gasteiger partial charge is 0.137 e. The number of nitrogens with zero attached hydrogens (tertiary/aromatic N) is 1. The molecule has 0 radical (unpaired) electrons. The Balaban J connectivity index is 1.45. The van der Waals surface area contributed by atoms with Gasteiger partial charge in [0.2, 0.25) is 0 Å². The Morgan fingerprint density at radius 3 is 2.63 bits per heavy atom. The number of halogens is 1. The normalized spacial score (nSPS) is 16.2. The van der Waals surface area contributed by atoms with Gasteiger partial charge in [-0.1, -0.05) is 23.7 Å². The lowest BCUT2D eigenvalue weighted by Crippen LogP contribution is -3.16.